The molecule has 4 heterocycles. The summed E-state index contributed by atoms with van der Waals surface area (Å²) in [5, 5.41) is 40.8. The van der Waals surface area contributed by atoms with Crippen LogP contribution in [-0.4, -0.2) is 151 Å². The van der Waals surface area contributed by atoms with Crippen LogP contribution < -0.4 is 44.7 Å². The van der Waals surface area contributed by atoms with Gasteiger partial charge in [0.2, 0.25) is 11.8 Å². The minimum atomic E-state index is -1.51. The van der Waals surface area contributed by atoms with Gasteiger partial charge in [-0.25, -0.2) is 24.2 Å². The number of rotatable bonds is 18. The number of nitrogens with zero attached hydrogens (tertiary/aromatic N) is 4. The second-order valence-corrected chi connectivity index (χ2v) is 18.1. The molecule has 4 aliphatic heterocycles. The van der Waals surface area contributed by atoms with Gasteiger partial charge in [0.25, 0.3) is 11.8 Å². The molecule has 0 aromatic heterocycles. The van der Waals surface area contributed by atoms with Crippen molar-refractivity contribution in [3.8, 4) is 23.0 Å². The number of hydrogen-bond donors (Lipinski definition) is 6. The highest BCUT2D eigenvalue weighted by Crippen LogP contribution is 2.43. The predicted octanol–water partition coefficient (Wildman–Crippen LogP) is 4.43. The summed E-state index contributed by atoms with van der Waals surface area (Å²) in [6.45, 7) is 8.85. The molecule has 23 heteroatoms. The van der Waals surface area contributed by atoms with Crippen LogP contribution in [-0.2, 0) is 25.7 Å². The van der Waals surface area contributed by atoms with Crippen molar-refractivity contribution in [2.24, 2.45) is 5.92 Å². The maximum absolute atomic E-state index is 14.1. The highest BCUT2D eigenvalue weighted by atomic mass is 16.6. The van der Waals surface area contributed by atoms with Gasteiger partial charge >= 0.3 is 18.3 Å². The molecule has 3 aromatic carbocycles. The zero-order valence-corrected chi connectivity index (χ0v) is 41.2. The summed E-state index contributed by atoms with van der Waals surface area (Å²) in [4.78, 5) is 97.0. The standard InChI is InChI=1S/C50H61N7O16/c1-7-19-72-48(64)53-41(27(2)3)43(59)51-28(4)42(58)52-30-15-13-29(14-16-30)26-73-50(67)57-36-25-40(38(69-6)23-32(36)45(61)55-18-9-12-34(55)47(57)63)71-21-10-20-70-39-24-35-31(22-37(39)68-5)44(60)54-17-8-11-33(54)46(62)56(35)49(65)66/h7,13-16,22-25,27-28,33-34,41,46-47,62-63H,1,8-12,17-21,26H2,2-6H3,(H,51,59)(H,52,58)(H,53,64)(H,65,66)/t28?,33-,34-,41?,46-,47-/m0/s1. The van der Waals surface area contributed by atoms with Crippen molar-refractivity contribution in [3.05, 3.63) is 77.9 Å². The number of aliphatic hydroxyl groups excluding tert-OH is 2. The molecule has 2 fully saturated rings. The fourth-order valence-corrected chi connectivity index (χ4v) is 9.23. The SMILES string of the molecule is C=CCOC(=O)NC(C(=O)NC(C)C(=O)Nc1ccc(COC(=O)N2c3cc(OCCCOc4cc5c(cc4OC)C(=O)N4CCC[C@H]4[C@H](O)N5C(=O)O)c(OC)cc3C(=O)N3CCC[C@H]3[C@@H]2O)cc1)C(C)C. The van der Waals surface area contributed by atoms with Gasteiger partial charge in [0, 0.05) is 37.3 Å². The number of aliphatic hydroxyl groups is 2. The van der Waals surface area contributed by atoms with Gasteiger partial charge in [-0.1, -0.05) is 38.6 Å². The fourth-order valence-electron chi connectivity index (χ4n) is 9.23. The first-order valence-corrected chi connectivity index (χ1v) is 23.9. The number of amides is 7. The molecule has 7 amide bonds. The fraction of sp³-hybridized carbons (Fsp3) is 0.460. The monoisotopic (exact) mass is 1020 g/mol. The molecule has 392 valence electrons. The number of carbonyl (C=O) groups excluding carboxylic acids is 6. The Labute approximate surface area is 420 Å². The van der Waals surface area contributed by atoms with Crippen LogP contribution in [0.4, 0.5) is 31.4 Å². The van der Waals surface area contributed by atoms with Crippen molar-refractivity contribution in [2.75, 3.05) is 62.2 Å². The third-order valence-electron chi connectivity index (χ3n) is 13.0. The normalized spacial score (nSPS) is 19.7. The highest BCUT2D eigenvalue weighted by Gasteiger charge is 2.47. The van der Waals surface area contributed by atoms with Crippen LogP contribution in [0.5, 0.6) is 23.0 Å². The summed E-state index contributed by atoms with van der Waals surface area (Å²) in [5.41, 5.74) is 0.962. The summed E-state index contributed by atoms with van der Waals surface area (Å²) in [5.74, 6) is -1.73. The van der Waals surface area contributed by atoms with Gasteiger partial charge < -0.3 is 69.5 Å². The van der Waals surface area contributed by atoms with Crippen molar-refractivity contribution in [1.29, 1.82) is 0 Å². The summed E-state index contributed by atoms with van der Waals surface area (Å²) in [6.07, 6.45) is -2.53. The molecule has 23 nitrogen and oxygen atoms in total. The maximum atomic E-state index is 14.1. The molecule has 7 rings (SSSR count). The summed E-state index contributed by atoms with van der Waals surface area (Å²) in [6, 6.07) is 8.54. The number of carbonyl (C=O) groups is 7. The Bertz CT molecular complexity index is 2590. The third kappa shape index (κ3) is 11.5. The first-order valence-electron chi connectivity index (χ1n) is 23.9. The van der Waals surface area contributed by atoms with E-state index < -0.39 is 78.5 Å². The van der Waals surface area contributed by atoms with E-state index in [4.69, 9.17) is 28.4 Å². The molecule has 2 saturated heterocycles. The topological polar surface area (TPSA) is 285 Å². The number of methoxy groups -OCH3 is 2. The quantitative estimate of drug-likeness (QED) is 0.0759. The first kappa shape index (κ1) is 53.0. The number of alkyl carbamates (subject to hydrolysis) is 1. The molecule has 0 bridgehead atoms. The maximum Gasteiger partial charge on any atom is 0.416 e. The van der Waals surface area contributed by atoms with E-state index in [2.05, 4.69) is 22.5 Å². The molecule has 6 N–H and O–H groups in total. The molecule has 2 unspecified atom stereocenters. The average Bonchev–Trinajstić information content (AvgIpc) is 4.05. The Morgan fingerprint density at radius 1 is 0.740 bits per heavy atom. The second-order valence-electron chi connectivity index (χ2n) is 18.1. The molecule has 0 aliphatic carbocycles. The van der Waals surface area contributed by atoms with E-state index >= 15 is 0 Å². The smallest absolute Gasteiger partial charge is 0.416 e. The first-order chi connectivity index (χ1) is 35.0. The molecular weight excluding hydrogens is 955 g/mol. The molecule has 4 aliphatic rings. The van der Waals surface area contributed by atoms with Crippen LogP contribution in [0, 0.1) is 5.92 Å². The number of benzene rings is 3. The Hall–Kier alpha value is -7.79. The largest absolute Gasteiger partial charge is 0.493 e. The lowest BCUT2D eigenvalue weighted by atomic mass is 10.0. The van der Waals surface area contributed by atoms with E-state index in [-0.39, 0.29) is 84.3 Å². The van der Waals surface area contributed by atoms with E-state index in [0.717, 1.165) is 9.80 Å². The van der Waals surface area contributed by atoms with Crippen LogP contribution in [0.25, 0.3) is 0 Å². The van der Waals surface area contributed by atoms with Crippen molar-refractivity contribution >= 4 is 59.0 Å². The van der Waals surface area contributed by atoms with Gasteiger partial charge in [0.1, 0.15) is 25.3 Å². The predicted molar refractivity (Wildman–Crippen MR) is 261 cm³/mol. The van der Waals surface area contributed by atoms with Crippen molar-refractivity contribution < 1.29 is 77.3 Å². The minimum Gasteiger partial charge on any atom is -0.493 e. The summed E-state index contributed by atoms with van der Waals surface area (Å²) < 4.78 is 34.0. The van der Waals surface area contributed by atoms with Gasteiger partial charge in [-0.2, -0.15) is 0 Å². The average molecular weight is 1020 g/mol. The van der Waals surface area contributed by atoms with Gasteiger partial charge in [-0.3, -0.25) is 19.2 Å². The van der Waals surface area contributed by atoms with Crippen LogP contribution >= 0.6 is 0 Å². The van der Waals surface area contributed by atoms with Crippen LogP contribution in [0.15, 0.2) is 61.2 Å². The Kier molecular flexibility index (Phi) is 16.8. The molecule has 73 heavy (non-hydrogen) atoms. The lowest BCUT2D eigenvalue weighted by molar-refractivity contribution is -0.128. The molecule has 0 spiro atoms. The van der Waals surface area contributed by atoms with Crippen molar-refractivity contribution in [1.82, 2.24) is 20.4 Å². The lowest BCUT2D eigenvalue weighted by Gasteiger charge is -2.31. The van der Waals surface area contributed by atoms with Crippen LogP contribution in [0.3, 0.4) is 0 Å². The molecule has 0 radical (unpaired) electrons. The van der Waals surface area contributed by atoms with Gasteiger partial charge in [-0.05, 0) is 68.4 Å². The van der Waals surface area contributed by atoms with Crippen LogP contribution in [0.2, 0.25) is 0 Å². The number of ether oxygens (including phenoxy) is 6. The van der Waals surface area contributed by atoms with Crippen molar-refractivity contribution in [2.45, 2.75) is 96.1 Å². The van der Waals surface area contributed by atoms with Gasteiger partial charge in [0.05, 0.1) is 62.0 Å². The Morgan fingerprint density at radius 3 is 1.78 bits per heavy atom. The number of nitrogens with one attached hydrogen (secondary N) is 3. The Balaban J connectivity index is 1.00. The zero-order valence-electron chi connectivity index (χ0n) is 41.2. The molecule has 0 saturated carbocycles. The molecule has 6 atom stereocenters. The van der Waals surface area contributed by atoms with E-state index in [1.165, 1.54) is 61.3 Å². The number of anilines is 3. The minimum absolute atomic E-state index is 0.00196. The van der Waals surface area contributed by atoms with E-state index in [9.17, 15) is 48.9 Å². The third-order valence-corrected chi connectivity index (χ3v) is 13.0. The summed E-state index contributed by atoms with van der Waals surface area (Å²) in [7, 11) is 2.77. The van der Waals surface area contributed by atoms with Gasteiger partial charge in [-0.15, -0.1) is 0 Å². The number of hydrogen-bond acceptors (Lipinski definition) is 15. The van der Waals surface area contributed by atoms with Crippen LogP contribution in [0.1, 0.15) is 79.2 Å². The van der Waals surface area contributed by atoms with Crippen molar-refractivity contribution in [3.63, 3.8) is 0 Å². The Morgan fingerprint density at radius 2 is 1.27 bits per heavy atom. The highest BCUT2D eigenvalue weighted by molar-refractivity contribution is 6.07. The van der Waals surface area contributed by atoms with E-state index in [0.29, 0.717) is 50.0 Å². The number of carboxylic acid groups (broad SMARTS) is 1. The second kappa shape index (κ2) is 23.2. The molecular formula is C50H61N7O16. The van der Waals surface area contributed by atoms with E-state index in [1.807, 2.05) is 0 Å². The lowest BCUT2D eigenvalue weighted by Crippen LogP contribution is -2.53. The number of fused-ring (bicyclic) bond motifs is 4. The molecule has 3 aromatic rings. The van der Waals surface area contributed by atoms with E-state index in [1.54, 1.807) is 38.1 Å². The zero-order chi connectivity index (χ0) is 52.7. The van der Waals surface area contributed by atoms with Gasteiger partial charge in [0.15, 0.2) is 35.5 Å². The summed E-state index contributed by atoms with van der Waals surface area (Å²) >= 11 is 0.